The van der Waals surface area contributed by atoms with E-state index in [4.69, 9.17) is 10.5 Å². The van der Waals surface area contributed by atoms with Crippen LogP contribution in [0.1, 0.15) is 5.56 Å². The Labute approximate surface area is 127 Å². The van der Waals surface area contributed by atoms with Gasteiger partial charge in [-0.1, -0.05) is 30.3 Å². The van der Waals surface area contributed by atoms with Gasteiger partial charge in [0.05, 0.1) is 13.0 Å². The van der Waals surface area contributed by atoms with Crippen molar-refractivity contribution >= 4 is 5.84 Å². The van der Waals surface area contributed by atoms with Crippen molar-refractivity contribution in [3.63, 3.8) is 0 Å². The van der Waals surface area contributed by atoms with E-state index in [-0.39, 0.29) is 23.6 Å². The molecule has 6 nitrogen and oxygen atoms in total. The van der Waals surface area contributed by atoms with Gasteiger partial charge in [-0.3, -0.25) is 5.73 Å². The molecule has 0 aromatic heterocycles. The molecule has 0 saturated carbocycles. The number of halogens is 1. The minimum Gasteiger partial charge on any atom is -1.00 e. The highest BCUT2D eigenvalue weighted by molar-refractivity contribution is 5.77. The molecule has 0 spiro atoms. The summed E-state index contributed by atoms with van der Waals surface area (Å²) >= 11 is 0. The Morgan fingerprint density at radius 1 is 1.20 bits per heavy atom. The van der Waals surface area contributed by atoms with E-state index in [9.17, 15) is 15.3 Å². The van der Waals surface area contributed by atoms with E-state index >= 15 is 0 Å². The van der Waals surface area contributed by atoms with Crippen molar-refractivity contribution in [3.8, 4) is 0 Å². The van der Waals surface area contributed by atoms with Gasteiger partial charge in [0.15, 0.2) is 0 Å². The first kappa shape index (κ1) is 17.1. The molecule has 4 unspecified atom stereocenters. The van der Waals surface area contributed by atoms with E-state index in [0.717, 1.165) is 5.56 Å². The van der Waals surface area contributed by atoms with Gasteiger partial charge >= 0.3 is 0 Å². The largest absolute Gasteiger partial charge is 1.00 e. The van der Waals surface area contributed by atoms with E-state index in [1.165, 1.54) is 0 Å². The van der Waals surface area contributed by atoms with Crippen molar-refractivity contribution in [2.45, 2.75) is 31.0 Å². The van der Waals surface area contributed by atoms with Crippen LogP contribution in [0.5, 0.6) is 0 Å². The minimum absolute atomic E-state index is 0. The molecule has 0 bridgehead atoms. The maximum atomic E-state index is 9.76. The first-order valence-corrected chi connectivity index (χ1v) is 6.15. The Bertz CT molecular complexity index is 443. The number of aliphatic hydroxyl groups excluding tert-OH is 3. The van der Waals surface area contributed by atoms with Crippen LogP contribution in [-0.2, 0) is 11.2 Å². The number of nitrogens with two attached hydrogens (primary N) is 1. The molecular weight excluding hydrogens is 328 g/mol. The Balaban J connectivity index is 0.00000200. The van der Waals surface area contributed by atoms with Gasteiger partial charge < -0.3 is 37.0 Å². The third-order valence-corrected chi connectivity index (χ3v) is 3.07. The maximum absolute atomic E-state index is 9.76. The standard InChI is InChI=1S/C13H18N2O4.BrH/c14-10(6-8-4-2-1-3-5-8)15-13-12(18)11(17)9(16)7-19-13;/h1-5,9,11-13,16-18H,6-7H2,(H2,14,15);1H. The zero-order chi connectivity index (χ0) is 13.8. The van der Waals surface area contributed by atoms with Crippen LogP contribution < -0.4 is 27.7 Å². The normalized spacial score (nSPS) is 30.6. The summed E-state index contributed by atoms with van der Waals surface area (Å²) in [6.45, 7) is -0.0471. The Morgan fingerprint density at radius 2 is 1.85 bits per heavy atom. The lowest BCUT2D eigenvalue weighted by molar-refractivity contribution is -0.587. The number of hydrogen-bond acceptors (Lipinski definition) is 4. The summed E-state index contributed by atoms with van der Waals surface area (Å²) in [4.78, 5) is 2.82. The minimum atomic E-state index is -1.24. The summed E-state index contributed by atoms with van der Waals surface area (Å²) in [6, 6.07) is 9.61. The second kappa shape index (κ2) is 7.70. The number of benzene rings is 1. The van der Waals surface area contributed by atoms with Crippen LogP contribution in [-0.4, -0.2) is 52.3 Å². The Morgan fingerprint density at radius 3 is 2.50 bits per heavy atom. The van der Waals surface area contributed by atoms with E-state index in [1.807, 2.05) is 30.3 Å². The highest BCUT2D eigenvalue weighted by Gasteiger charge is 2.38. The number of amidine groups is 1. The van der Waals surface area contributed by atoms with E-state index in [2.05, 4.69) is 4.99 Å². The smallest absolute Gasteiger partial charge is 0.247 e. The van der Waals surface area contributed by atoms with Crippen LogP contribution in [0.15, 0.2) is 30.3 Å². The van der Waals surface area contributed by atoms with E-state index < -0.39 is 24.5 Å². The van der Waals surface area contributed by atoms with Gasteiger partial charge in [0.1, 0.15) is 18.3 Å². The SMILES string of the molecule is N/C(Cc1ccccc1)=[NH+]\C1OCC(O)C(O)C1O.[Br-]. The zero-order valence-electron chi connectivity index (χ0n) is 10.8. The maximum Gasteiger partial charge on any atom is 0.247 e. The quantitative estimate of drug-likeness (QED) is 0.276. The summed E-state index contributed by atoms with van der Waals surface area (Å²) in [6.07, 6.45) is -3.87. The molecule has 0 aliphatic carbocycles. The fourth-order valence-corrected chi connectivity index (χ4v) is 1.98. The van der Waals surface area contributed by atoms with Crippen molar-refractivity contribution in [2.24, 2.45) is 5.73 Å². The molecular formula is C13H19BrN2O4. The van der Waals surface area contributed by atoms with Crippen LogP contribution in [0, 0.1) is 0 Å². The van der Waals surface area contributed by atoms with Gasteiger partial charge in [-0.2, -0.15) is 0 Å². The van der Waals surface area contributed by atoms with Crippen LogP contribution in [0.2, 0.25) is 0 Å². The van der Waals surface area contributed by atoms with Gasteiger partial charge in [-0.05, 0) is 5.56 Å². The highest BCUT2D eigenvalue weighted by Crippen LogP contribution is 2.10. The number of aliphatic hydroxyl groups is 3. The lowest BCUT2D eigenvalue weighted by atomic mass is 10.0. The summed E-state index contributed by atoms with van der Waals surface area (Å²) < 4.78 is 5.21. The summed E-state index contributed by atoms with van der Waals surface area (Å²) in [5.41, 5.74) is 6.88. The number of ether oxygens (including phenoxy) is 1. The number of hydrogen-bond donors (Lipinski definition) is 5. The molecule has 1 aliphatic rings. The molecule has 6 N–H and O–H groups in total. The average Bonchev–Trinajstić information content (AvgIpc) is 2.41. The summed E-state index contributed by atoms with van der Waals surface area (Å²) in [5.74, 6) is 0.429. The molecule has 0 radical (unpaired) electrons. The third kappa shape index (κ3) is 4.26. The number of nitrogens with one attached hydrogen (secondary N) is 1. The van der Waals surface area contributed by atoms with E-state index in [0.29, 0.717) is 12.3 Å². The van der Waals surface area contributed by atoms with Crippen LogP contribution in [0.4, 0.5) is 0 Å². The van der Waals surface area contributed by atoms with Gasteiger partial charge in [0, 0.05) is 0 Å². The molecule has 2 rings (SSSR count). The molecule has 4 atom stereocenters. The first-order valence-electron chi connectivity index (χ1n) is 6.15. The second-order valence-corrected chi connectivity index (χ2v) is 4.63. The van der Waals surface area contributed by atoms with Gasteiger partial charge in [0.2, 0.25) is 12.1 Å². The van der Waals surface area contributed by atoms with Crippen LogP contribution >= 0.6 is 0 Å². The molecule has 0 amide bonds. The lowest BCUT2D eigenvalue weighted by Crippen LogP contribution is -3.00. The van der Waals surface area contributed by atoms with Crippen molar-refractivity contribution in [2.75, 3.05) is 6.61 Å². The predicted octanol–water partition coefficient (Wildman–Crippen LogP) is -5.89. The third-order valence-electron chi connectivity index (χ3n) is 3.07. The first-order chi connectivity index (χ1) is 9.08. The second-order valence-electron chi connectivity index (χ2n) is 4.63. The molecule has 1 fully saturated rings. The van der Waals surface area contributed by atoms with Crippen LogP contribution in [0.25, 0.3) is 0 Å². The fourth-order valence-electron chi connectivity index (χ4n) is 1.98. The summed E-state index contributed by atoms with van der Waals surface area (Å²) in [7, 11) is 0. The van der Waals surface area contributed by atoms with Crippen molar-refractivity contribution in [1.29, 1.82) is 0 Å². The zero-order valence-corrected chi connectivity index (χ0v) is 12.4. The van der Waals surface area contributed by atoms with Crippen LogP contribution in [0.3, 0.4) is 0 Å². The van der Waals surface area contributed by atoms with Crippen molar-refractivity contribution in [1.82, 2.24) is 0 Å². The summed E-state index contributed by atoms with van der Waals surface area (Å²) in [5, 5.41) is 28.6. The highest BCUT2D eigenvalue weighted by atomic mass is 79.9. The lowest BCUT2D eigenvalue weighted by Gasteiger charge is -2.31. The Kier molecular flexibility index (Phi) is 6.57. The molecule has 1 aromatic carbocycles. The van der Waals surface area contributed by atoms with Crippen molar-refractivity contribution in [3.05, 3.63) is 35.9 Å². The predicted molar refractivity (Wildman–Crippen MR) is 68.1 cm³/mol. The van der Waals surface area contributed by atoms with Gasteiger partial charge in [0.25, 0.3) is 0 Å². The molecule has 1 aliphatic heterocycles. The molecule has 1 heterocycles. The van der Waals surface area contributed by atoms with Gasteiger partial charge in [-0.15, -0.1) is 0 Å². The monoisotopic (exact) mass is 346 g/mol. The molecule has 112 valence electrons. The average molecular weight is 347 g/mol. The Hall–Kier alpha value is -0.990. The molecule has 1 aromatic rings. The molecule has 20 heavy (non-hydrogen) atoms. The topological polar surface area (TPSA) is 110 Å². The van der Waals surface area contributed by atoms with Crippen molar-refractivity contribution < 1.29 is 42.0 Å². The number of rotatable bonds is 3. The fraction of sp³-hybridized carbons (Fsp3) is 0.462. The van der Waals surface area contributed by atoms with Gasteiger partial charge in [-0.25, -0.2) is 4.99 Å². The van der Waals surface area contributed by atoms with E-state index in [1.54, 1.807) is 0 Å². The molecule has 1 saturated heterocycles. The molecule has 7 heteroatoms.